The number of carbonyl (C=O) groups excluding carboxylic acids is 1. The number of allylic oxidation sites excluding steroid dienone is 2. The largest absolute Gasteiger partial charge is 0.408 e. The number of alkyl halides is 3. The second kappa shape index (κ2) is 7.17. The Bertz CT molecular complexity index is 903. The smallest absolute Gasteiger partial charge is 0.405 e. The van der Waals surface area contributed by atoms with E-state index in [0.29, 0.717) is 6.42 Å². The highest BCUT2D eigenvalue weighted by Crippen LogP contribution is 2.35. The normalized spacial score (nSPS) is 18.6. The summed E-state index contributed by atoms with van der Waals surface area (Å²) in [5, 5.41) is 6.44. The van der Waals surface area contributed by atoms with Crippen LogP contribution in [0.5, 0.6) is 0 Å². The van der Waals surface area contributed by atoms with Crippen molar-refractivity contribution < 1.29 is 18.0 Å². The van der Waals surface area contributed by atoms with Crippen molar-refractivity contribution in [3.63, 3.8) is 0 Å². The van der Waals surface area contributed by atoms with Crippen molar-refractivity contribution in [3.05, 3.63) is 48.2 Å². The minimum atomic E-state index is -4.35. The third kappa shape index (κ3) is 3.81. The van der Waals surface area contributed by atoms with Crippen molar-refractivity contribution in [2.75, 3.05) is 11.4 Å². The third-order valence-electron chi connectivity index (χ3n) is 4.17. The number of nitrogens with zero attached hydrogens (tertiary/aromatic N) is 4. The van der Waals surface area contributed by atoms with Gasteiger partial charge in [0.2, 0.25) is 0 Å². The highest BCUT2D eigenvalue weighted by molar-refractivity contribution is 6.00. The molecule has 144 valence electrons. The average Bonchev–Trinajstić information content (AvgIpc) is 3.25. The molecule has 1 amide bonds. The maximum absolute atomic E-state index is 13.2. The van der Waals surface area contributed by atoms with Crippen LogP contribution < -0.4 is 21.7 Å². The second-order valence-electron chi connectivity index (χ2n) is 5.97. The minimum Gasteiger partial charge on any atom is -0.405 e. The van der Waals surface area contributed by atoms with Crippen molar-refractivity contribution >= 4 is 17.4 Å². The molecule has 1 fully saturated rings. The summed E-state index contributed by atoms with van der Waals surface area (Å²) in [5.41, 5.74) is 11.1. The van der Waals surface area contributed by atoms with E-state index in [9.17, 15) is 18.0 Å². The maximum Gasteiger partial charge on any atom is 0.408 e. The van der Waals surface area contributed by atoms with Crippen LogP contribution in [-0.2, 0) is 0 Å². The lowest BCUT2D eigenvalue weighted by atomic mass is 10.2. The van der Waals surface area contributed by atoms with E-state index in [0.717, 1.165) is 0 Å². The van der Waals surface area contributed by atoms with Crippen LogP contribution in [0.3, 0.4) is 0 Å². The van der Waals surface area contributed by atoms with E-state index in [4.69, 9.17) is 11.5 Å². The lowest BCUT2D eigenvalue weighted by molar-refractivity contribution is -0.146. The molecule has 1 aliphatic rings. The fourth-order valence-electron chi connectivity index (χ4n) is 2.96. The standard InChI is InChI=1S/C16H18F3N7O/c17-16(18,19)11-3-2-7-25(11)13-5-8-26-14(24-13)10(9-22-26)15(27)23-12(21)4-1-6-20/h1,4-6,8-9,11H,2-3,7,20-21H2,(H,23,27)/b6-1-,12-4+. The Morgan fingerprint density at radius 2 is 2.19 bits per heavy atom. The van der Waals surface area contributed by atoms with Crippen molar-refractivity contribution in [2.45, 2.75) is 25.1 Å². The zero-order valence-electron chi connectivity index (χ0n) is 14.1. The van der Waals surface area contributed by atoms with Crippen LogP contribution in [0.1, 0.15) is 23.2 Å². The first-order valence-electron chi connectivity index (χ1n) is 8.14. The average molecular weight is 381 g/mol. The van der Waals surface area contributed by atoms with Crippen LogP contribution in [0.25, 0.3) is 5.65 Å². The number of rotatable bonds is 4. The summed E-state index contributed by atoms with van der Waals surface area (Å²) in [6, 6.07) is -0.138. The van der Waals surface area contributed by atoms with E-state index < -0.39 is 18.1 Å². The number of nitrogens with two attached hydrogens (primary N) is 2. The number of amides is 1. The summed E-state index contributed by atoms with van der Waals surface area (Å²) in [6.07, 6.45) is 2.90. The molecule has 1 aliphatic heterocycles. The molecule has 0 radical (unpaired) electrons. The van der Waals surface area contributed by atoms with Crippen LogP contribution in [0.2, 0.25) is 0 Å². The summed E-state index contributed by atoms with van der Waals surface area (Å²) in [4.78, 5) is 17.8. The van der Waals surface area contributed by atoms with Crippen molar-refractivity contribution in [1.82, 2.24) is 19.9 Å². The second-order valence-corrected chi connectivity index (χ2v) is 5.97. The topological polar surface area (TPSA) is 115 Å². The molecule has 2 aromatic rings. The molecule has 11 heteroatoms. The van der Waals surface area contributed by atoms with Gasteiger partial charge >= 0.3 is 6.18 Å². The summed E-state index contributed by atoms with van der Waals surface area (Å²) < 4.78 is 41.0. The van der Waals surface area contributed by atoms with Gasteiger partial charge < -0.3 is 21.7 Å². The molecular weight excluding hydrogens is 363 g/mol. The Morgan fingerprint density at radius 3 is 2.89 bits per heavy atom. The molecule has 1 saturated heterocycles. The van der Waals surface area contributed by atoms with Crippen LogP contribution in [0.15, 0.2) is 42.6 Å². The molecule has 8 nitrogen and oxygen atoms in total. The SMILES string of the molecule is N/C=C\C=C(/N)NC(=O)c1cnn2ccc(N3CCCC3C(F)(F)F)nc12. The first kappa shape index (κ1) is 18.5. The molecule has 1 atom stereocenters. The van der Waals surface area contributed by atoms with E-state index >= 15 is 0 Å². The molecule has 3 rings (SSSR count). The van der Waals surface area contributed by atoms with Gasteiger partial charge in [0.1, 0.15) is 23.2 Å². The molecule has 0 saturated carbocycles. The fraction of sp³-hybridized carbons (Fsp3) is 0.312. The number of anilines is 1. The number of nitrogens with one attached hydrogen (secondary N) is 1. The van der Waals surface area contributed by atoms with Crippen LogP contribution in [-0.4, -0.2) is 39.3 Å². The van der Waals surface area contributed by atoms with Gasteiger partial charge in [-0.15, -0.1) is 0 Å². The predicted molar refractivity (Wildman–Crippen MR) is 92.5 cm³/mol. The number of hydrogen-bond donors (Lipinski definition) is 3. The monoisotopic (exact) mass is 381 g/mol. The lowest BCUT2D eigenvalue weighted by Gasteiger charge is -2.27. The van der Waals surface area contributed by atoms with Gasteiger partial charge in [-0.05, 0) is 37.3 Å². The fourth-order valence-corrected chi connectivity index (χ4v) is 2.96. The van der Waals surface area contributed by atoms with Crippen LogP contribution >= 0.6 is 0 Å². The van der Waals surface area contributed by atoms with E-state index in [-0.39, 0.29) is 35.8 Å². The molecule has 5 N–H and O–H groups in total. The Morgan fingerprint density at radius 1 is 1.41 bits per heavy atom. The van der Waals surface area contributed by atoms with E-state index in [2.05, 4.69) is 15.4 Å². The number of hydrogen-bond acceptors (Lipinski definition) is 6. The van der Waals surface area contributed by atoms with E-state index in [1.807, 2.05) is 0 Å². The van der Waals surface area contributed by atoms with Gasteiger partial charge in [-0.2, -0.15) is 18.3 Å². The van der Waals surface area contributed by atoms with Crippen molar-refractivity contribution in [3.8, 4) is 0 Å². The minimum absolute atomic E-state index is 0.0129. The van der Waals surface area contributed by atoms with Gasteiger partial charge in [-0.25, -0.2) is 9.50 Å². The molecule has 0 spiro atoms. The number of fused-ring (bicyclic) bond motifs is 1. The lowest BCUT2D eigenvalue weighted by Crippen LogP contribution is -2.41. The van der Waals surface area contributed by atoms with Gasteiger partial charge in [0.25, 0.3) is 5.91 Å². The van der Waals surface area contributed by atoms with Crippen LogP contribution in [0, 0.1) is 0 Å². The Balaban J connectivity index is 1.91. The maximum atomic E-state index is 13.2. The van der Waals surface area contributed by atoms with E-state index in [1.165, 1.54) is 46.2 Å². The molecule has 0 aliphatic carbocycles. The van der Waals surface area contributed by atoms with Crippen LogP contribution in [0.4, 0.5) is 19.0 Å². The zero-order chi connectivity index (χ0) is 19.6. The number of halogens is 3. The first-order valence-corrected chi connectivity index (χ1v) is 8.14. The third-order valence-corrected chi connectivity index (χ3v) is 4.17. The highest BCUT2D eigenvalue weighted by Gasteiger charge is 2.46. The molecule has 3 heterocycles. The van der Waals surface area contributed by atoms with Gasteiger partial charge in [0.15, 0.2) is 5.65 Å². The molecule has 0 bridgehead atoms. The Labute approximate surface area is 152 Å². The molecule has 1 unspecified atom stereocenters. The quantitative estimate of drug-likeness (QED) is 0.687. The van der Waals surface area contributed by atoms with Gasteiger partial charge in [-0.3, -0.25) is 4.79 Å². The van der Waals surface area contributed by atoms with Gasteiger partial charge in [-0.1, -0.05) is 0 Å². The van der Waals surface area contributed by atoms with Crippen molar-refractivity contribution in [1.29, 1.82) is 0 Å². The summed E-state index contributed by atoms with van der Waals surface area (Å²) in [6.45, 7) is 0.240. The molecule has 2 aromatic heterocycles. The summed E-state index contributed by atoms with van der Waals surface area (Å²) in [5.74, 6) is -0.386. The zero-order valence-corrected chi connectivity index (χ0v) is 14.1. The van der Waals surface area contributed by atoms with Gasteiger partial charge in [0.05, 0.1) is 6.20 Å². The summed E-state index contributed by atoms with van der Waals surface area (Å²) >= 11 is 0. The first-order chi connectivity index (χ1) is 12.8. The Kier molecular flexibility index (Phi) is 4.93. The molecular formula is C16H18F3N7O. The predicted octanol–water partition coefficient (Wildman–Crippen LogP) is 1.26. The highest BCUT2D eigenvalue weighted by atomic mass is 19.4. The Hall–Kier alpha value is -3.24. The number of carbonyl (C=O) groups is 1. The van der Waals surface area contributed by atoms with Gasteiger partial charge in [0, 0.05) is 12.7 Å². The molecule has 27 heavy (non-hydrogen) atoms. The number of aromatic nitrogens is 3. The van der Waals surface area contributed by atoms with E-state index in [1.54, 1.807) is 0 Å². The summed E-state index contributed by atoms with van der Waals surface area (Å²) in [7, 11) is 0. The van der Waals surface area contributed by atoms with Crippen molar-refractivity contribution in [2.24, 2.45) is 11.5 Å². The molecule has 0 aromatic carbocycles.